The van der Waals surface area contributed by atoms with Crippen LogP contribution in [0.2, 0.25) is 5.02 Å². The lowest BCUT2D eigenvalue weighted by Crippen LogP contribution is -2.38. The molecule has 3 unspecified atom stereocenters. The first kappa shape index (κ1) is 43.4. The summed E-state index contributed by atoms with van der Waals surface area (Å²) in [7, 11) is -0.160. The summed E-state index contributed by atoms with van der Waals surface area (Å²) in [5.74, 6) is -9.21. The summed E-state index contributed by atoms with van der Waals surface area (Å²) < 4.78 is 134. The van der Waals surface area contributed by atoms with Gasteiger partial charge in [0.15, 0.2) is 11.6 Å². The van der Waals surface area contributed by atoms with Crippen LogP contribution in [0, 0.1) is 17.6 Å². The largest absolute Gasteiger partial charge is 0.344 e. The number of anilines is 1. The molecule has 63 heavy (non-hydrogen) atoms. The van der Waals surface area contributed by atoms with Gasteiger partial charge in [0, 0.05) is 49.0 Å². The van der Waals surface area contributed by atoms with Crippen LogP contribution in [-0.2, 0) is 48.1 Å². The first-order valence-electron chi connectivity index (χ1n) is 18.8. The summed E-state index contributed by atoms with van der Waals surface area (Å²) >= 11 is 6.65. The molecule has 3 aromatic carbocycles. The predicted octanol–water partition coefficient (Wildman–Crippen LogP) is 7.82. The molecule has 13 nitrogen and oxygen atoms in total. The fourth-order valence-electron chi connectivity index (χ4n) is 7.81. The van der Waals surface area contributed by atoms with Crippen molar-refractivity contribution in [3.63, 3.8) is 0 Å². The van der Waals surface area contributed by atoms with Crippen LogP contribution in [0.25, 0.3) is 38.8 Å². The lowest BCUT2D eigenvalue weighted by molar-refractivity contribution is -0.123. The molecule has 7 aromatic rings. The quantitative estimate of drug-likeness (QED) is 0.118. The Morgan fingerprint density at radius 2 is 1.73 bits per heavy atom. The second-order valence-electron chi connectivity index (χ2n) is 14.8. The van der Waals surface area contributed by atoms with Crippen LogP contribution in [0.15, 0.2) is 65.6 Å². The number of carbonyl (C=O) groups excluding carboxylic acids is 1. The van der Waals surface area contributed by atoms with Crippen molar-refractivity contribution < 1.29 is 44.1 Å². The van der Waals surface area contributed by atoms with Gasteiger partial charge in [0.05, 0.1) is 44.3 Å². The zero-order valence-electron chi connectivity index (χ0n) is 32.8. The number of rotatable bonds is 12. The lowest BCUT2D eigenvalue weighted by atomic mass is 10.0. The van der Waals surface area contributed by atoms with E-state index in [2.05, 4.69) is 30.2 Å². The van der Waals surface area contributed by atoms with E-state index in [-0.39, 0.29) is 61.0 Å². The molecule has 8 rings (SSSR count). The van der Waals surface area contributed by atoms with Crippen LogP contribution in [0.1, 0.15) is 60.0 Å². The highest BCUT2D eigenvalue weighted by atomic mass is 35.5. The number of hydrogen-bond donors (Lipinski definition) is 2. The third kappa shape index (κ3) is 8.00. The maximum atomic E-state index is 15.5. The summed E-state index contributed by atoms with van der Waals surface area (Å²) in [6.07, 6.45) is -4.76. The van der Waals surface area contributed by atoms with Crippen molar-refractivity contribution in [2.24, 2.45) is 13.0 Å². The van der Waals surface area contributed by atoms with Crippen LogP contribution >= 0.6 is 11.6 Å². The number of nitrogens with zero attached hydrogens (tertiary/aromatic N) is 8. The topological polar surface area (TPSA) is 155 Å². The number of aromatic nitrogens is 8. The molecule has 1 amide bonds. The zero-order chi connectivity index (χ0) is 45.2. The summed E-state index contributed by atoms with van der Waals surface area (Å²) in [6.45, 7) is 0.132. The minimum absolute atomic E-state index is 0.0264. The molecule has 0 saturated heterocycles. The van der Waals surface area contributed by atoms with Gasteiger partial charge < -0.3 is 5.32 Å². The van der Waals surface area contributed by atoms with Crippen molar-refractivity contribution in [1.82, 2.24) is 44.4 Å². The smallest absolute Gasteiger partial charge is 0.297 e. The molecular formula is C40H31ClF8N10O3S. The predicted molar refractivity (Wildman–Crippen MR) is 215 cm³/mol. The summed E-state index contributed by atoms with van der Waals surface area (Å²) in [5, 5.41) is 10.9. The molecule has 1 aliphatic rings. The van der Waals surface area contributed by atoms with Gasteiger partial charge in [-0.3, -0.25) is 28.2 Å². The standard InChI is InChI=1S/C40H31ClF8N10O3S/c1-17-10-23-31(34(44)45)54-58(33(23)40(17,48)49)16-29(60)51-27(13-18-11-20(42)15-21(43)12-18)38-53-26-14-19(25-8-9-50-37(52-25)35(46)47)4-5-22(26)39(61)59(38)28-7-6-24(41)30-32(28)57(2)55-36(30)56-63(3)62/h4-9,11-12,14-15,17,27,34-35H,10,13,16H2,1-3H3,(H,51,60)(H,55,56). The van der Waals surface area contributed by atoms with E-state index >= 15 is 8.78 Å². The SMILES string of the molecule is CC1Cc2c(C(F)F)nn(CC(=O)NC(Cc3cc(F)cc(F)c3)c3nc4cc(-c5ccnc(C(F)F)n5)ccc4c(=O)n3-c3ccc(Cl)c4c(NS(C)=O)nn(C)c34)c2C1(F)F. The minimum atomic E-state index is -3.65. The molecule has 0 bridgehead atoms. The lowest BCUT2D eigenvalue weighted by Gasteiger charge is -2.24. The monoisotopic (exact) mass is 918 g/mol. The van der Waals surface area contributed by atoms with E-state index in [0.717, 1.165) is 22.9 Å². The average molecular weight is 919 g/mol. The highest BCUT2D eigenvalue weighted by Crippen LogP contribution is 2.48. The number of amides is 1. The summed E-state index contributed by atoms with van der Waals surface area (Å²) in [4.78, 5) is 41.4. The Balaban J connectivity index is 1.36. The number of aryl methyl sites for hydroxylation is 1. The molecule has 0 radical (unpaired) electrons. The van der Waals surface area contributed by atoms with Gasteiger partial charge in [-0.25, -0.2) is 45.5 Å². The van der Waals surface area contributed by atoms with Crippen molar-refractivity contribution in [3.05, 3.63) is 122 Å². The Morgan fingerprint density at radius 3 is 2.41 bits per heavy atom. The van der Waals surface area contributed by atoms with Gasteiger partial charge in [-0.2, -0.15) is 19.0 Å². The van der Waals surface area contributed by atoms with E-state index in [1.807, 2.05) is 0 Å². The van der Waals surface area contributed by atoms with Gasteiger partial charge in [-0.1, -0.05) is 24.6 Å². The van der Waals surface area contributed by atoms with E-state index < -0.39 is 107 Å². The van der Waals surface area contributed by atoms with E-state index in [0.29, 0.717) is 10.7 Å². The minimum Gasteiger partial charge on any atom is -0.344 e. The highest BCUT2D eigenvalue weighted by Gasteiger charge is 2.51. The zero-order valence-corrected chi connectivity index (χ0v) is 34.4. The van der Waals surface area contributed by atoms with Gasteiger partial charge in [-0.15, -0.1) is 0 Å². The van der Waals surface area contributed by atoms with Crippen molar-refractivity contribution in [3.8, 4) is 16.9 Å². The Labute approximate surface area is 357 Å². The number of fused-ring (bicyclic) bond motifs is 3. The third-order valence-corrected chi connectivity index (χ3v) is 11.3. The van der Waals surface area contributed by atoms with Gasteiger partial charge in [0.1, 0.15) is 46.4 Å². The number of benzene rings is 3. The fraction of sp³-hybridized carbons (Fsp3) is 0.275. The van der Waals surface area contributed by atoms with Gasteiger partial charge >= 0.3 is 0 Å². The Hall–Kier alpha value is -6.29. The molecule has 3 atom stereocenters. The molecule has 4 heterocycles. The fourth-order valence-corrected chi connectivity index (χ4v) is 8.47. The molecule has 2 N–H and O–H groups in total. The van der Waals surface area contributed by atoms with Crippen molar-refractivity contribution in [2.45, 2.75) is 51.1 Å². The second-order valence-corrected chi connectivity index (χ2v) is 16.3. The van der Waals surface area contributed by atoms with Gasteiger partial charge in [0.25, 0.3) is 24.3 Å². The van der Waals surface area contributed by atoms with Crippen molar-refractivity contribution in [1.29, 1.82) is 0 Å². The van der Waals surface area contributed by atoms with Crippen molar-refractivity contribution >= 4 is 56.1 Å². The van der Waals surface area contributed by atoms with Gasteiger partial charge in [0.2, 0.25) is 5.91 Å². The maximum absolute atomic E-state index is 15.5. The number of nitrogens with one attached hydrogen (secondary N) is 2. The Bertz CT molecular complexity index is 3050. The Kier molecular flexibility index (Phi) is 11.3. The number of hydrogen-bond acceptors (Lipinski definition) is 8. The molecule has 4 aromatic heterocycles. The number of alkyl halides is 6. The van der Waals surface area contributed by atoms with E-state index in [4.69, 9.17) is 16.6 Å². The van der Waals surface area contributed by atoms with Gasteiger partial charge in [-0.05, 0) is 54.4 Å². The van der Waals surface area contributed by atoms with Crippen LogP contribution in [0.4, 0.5) is 40.9 Å². The molecular weight excluding hydrogens is 888 g/mol. The highest BCUT2D eigenvalue weighted by molar-refractivity contribution is 7.85. The van der Waals surface area contributed by atoms with Crippen LogP contribution in [0.3, 0.4) is 0 Å². The number of carbonyl (C=O) groups is 1. The molecule has 0 spiro atoms. The van der Waals surface area contributed by atoms with E-state index in [1.54, 1.807) is 0 Å². The van der Waals surface area contributed by atoms with Crippen molar-refractivity contribution in [2.75, 3.05) is 11.0 Å². The molecule has 328 valence electrons. The molecule has 1 aliphatic carbocycles. The first-order valence-corrected chi connectivity index (χ1v) is 20.7. The van der Waals surface area contributed by atoms with Crippen LogP contribution < -0.4 is 15.6 Å². The summed E-state index contributed by atoms with van der Waals surface area (Å²) in [5.41, 5.74) is -2.71. The number of halogens is 9. The Morgan fingerprint density at radius 1 is 1.00 bits per heavy atom. The van der Waals surface area contributed by atoms with Crippen LogP contribution in [-0.4, -0.2) is 55.5 Å². The normalized spacial score (nSPS) is 15.7. The maximum Gasteiger partial charge on any atom is 0.297 e. The molecule has 23 heteroatoms. The van der Waals surface area contributed by atoms with E-state index in [9.17, 15) is 40.1 Å². The third-order valence-electron chi connectivity index (χ3n) is 10.5. The molecule has 0 aliphatic heterocycles. The molecule has 0 saturated carbocycles. The summed E-state index contributed by atoms with van der Waals surface area (Å²) in [6, 6.07) is 9.19. The first-order chi connectivity index (χ1) is 29.8. The van der Waals surface area contributed by atoms with Crippen LogP contribution in [0.5, 0.6) is 0 Å². The van der Waals surface area contributed by atoms with E-state index in [1.165, 1.54) is 61.3 Å². The second kappa shape index (κ2) is 16.4. The molecule has 0 fully saturated rings. The average Bonchev–Trinajstić information content (AvgIpc) is 3.82.